The van der Waals surface area contributed by atoms with Gasteiger partial charge in [-0.3, -0.25) is 0 Å². The van der Waals surface area contributed by atoms with Gasteiger partial charge in [0.1, 0.15) is 0 Å². The van der Waals surface area contributed by atoms with E-state index in [0.29, 0.717) is 5.92 Å². The van der Waals surface area contributed by atoms with Crippen LogP contribution in [-0.2, 0) is 6.42 Å². The van der Waals surface area contributed by atoms with E-state index in [1.54, 1.807) is 0 Å². The number of hydrogen-bond acceptors (Lipinski definition) is 1. The minimum Gasteiger partial charge on any atom is -0.337 e. The van der Waals surface area contributed by atoms with Gasteiger partial charge < -0.3 is 10.2 Å². The molecule has 1 aromatic carbocycles. The number of benzene rings is 1. The van der Waals surface area contributed by atoms with E-state index < -0.39 is 0 Å². The molecule has 0 saturated carbocycles. The topological polar surface area (TPSA) is 32.3 Å². The zero-order valence-electron chi connectivity index (χ0n) is 11.6. The molecule has 1 N–H and O–H groups in total. The summed E-state index contributed by atoms with van der Waals surface area (Å²) in [5.74, 6) is 1.28. The first-order valence-electron chi connectivity index (χ1n) is 7.34. The third-order valence-electron chi connectivity index (χ3n) is 4.53. The Morgan fingerprint density at radius 1 is 1.32 bits per heavy atom. The molecule has 2 aliphatic rings. The van der Waals surface area contributed by atoms with E-state index >= 15 is 0 Å². The van der Waals surface area contributed by atoms with Crippen LogP contribution in [-0.4, -0.2) is 30.6 Å². The highest BCUT2D eigenvalue weighted by molar-refractivity contribution is 5.74. The zero-order chi connectivity index (χ0) is 13.2. The molecule has 3 rings (SSSR count). The van der Waals surface area contributed by atoms with Gasteiger partial charge in [-0.05, 0) is 36.3 Å². The molecule has 1 heterocycles. The van der Waals surface area contributed by atoms with Crippen molar-refractivity contribution in [3.63, 3.8) is 0 Å². The van der Waals surface area contributed by atoms with Gasteiger partial charge in [-0.2, -0.15) is 0 Å². The smallest absolute Gasteiger partial charge is 0.317 e. The number of carbonyl (C=O) groups is 1. The number of rotatable bonds is 2. The van der Waals surface area contributed by atoms with E-state index in [4.69, 9.17) is 0 Å². The van der Waals surface area contributed by atoms with Crippen LogP contribution >= 0.6 is 0 Å². The molecule has 1 atom stereocenters. The molecule has 0 aromatic heterocycles. The minimum absolute atomic E-state index is 0.122. The second-order valence-electron chi connectivity index (χ2n) is 5.96. The molecule has 1 aromatic rings. The molecule has 0 bridgehead atoms. The average Bonchev–Trinajstić information content (AvgIpc) is 2.40. The molecular formula is C16H22N2O. The molecule has 19 heavy (non-hydrogen) atoms. The van der Waals surface area contributed by atoms with Crippen LogP contribution in [0.2, 0.25) is 0 Å². The standard InChI is InChI=1S/C16H22N2O/c1-12-6-8-18(9-7-12)16(19)17-11-14-10-13-4-2-3-5-15(13)14/h2-5,12,14H,6-11H2,1H3,(H,17,19). The minimum atomic E-state index is 0.122. The number of likely N-dealkylation sites (tertiary alicyclic amines) is 1. The highest BCUT2D eigenvalue weighted by Crippen LogP contribution is 2.34. The van der Waals surface area contributed by atoms with E-state index in [9.17, 15) is 4.79 Å². The van der Waals surface area contributed by atoms with E-state index in [1.807, 2.05) is 4.90 Å². The maximum atomic E-state index is 12.1. The van der Waals surface area contributed by atoms with Crippen molar-refractivity contribution in [1.29, 1.82) is 0 Å². The van der Waals surface area contributed by atoms with Gasteiger partial charge >= 0.3 is 6.03 Å². The van der Waals surface area contributed by atoms with Crippen molar-refractivity contribution in [2.45, 2.75) is 32.1 Å². The number of nitrogens with one attached hydrogen (secondary N) is 1. The molecule has 3 heteroatoms. The van der Waals surface area contributed by atoms with Crippen LogP contribution in [0.3, 0.4) is 0 Å². The summed E-state index contributed by atoms with van der Waals surface area (Å²) in [5, 5.41) is 3.10. The Bertz CT molecular complexity index is 464. The summed E-state index contributed by atoms with van der Waals surface area (Å²) in [6.07, 6.45) is 3.38. The largest absolute Gasteiger partial charge is 0.337 e. The fourth-order valence-corrected chi connectivity index (χ4v) is 3.08. The predicted octanol–water partition coefficient (Wildman–Crippen LogP) is 2.77. The van der Waals surface area contributed by atoms with Crippen molar-refractivity contribution in [3.8, 4) is 0 Å². The normalized spacial score (nSPS) is 22.6. The van der Waals surface area contributed by atoms with Crippen LogP contribution < -0.4 is 5.32 Å². The average molecular weight is 258 g/mol. The zero-order valence-corrected chi connectivity index (χ0v) is 11.6. The van der Waals surface area contributed by atoms with Gasteiger partial charge in [0.05, 0.1) is 0 Å². The van der Waals surface area contributed by atoms with Gasteiger partial charge in [0.15, 0.2) is 0 Å². The van der Waals surface area contributed by atoms with Gasteiger partial charge in [-0.25, -0.2) is 4.79 Å². The molecule has 0 spiro atoms. The number of fused-ring (bicyclic) bond motifs is 1. The fourth-order valence-electron chi connectivity index (χ4n) is 3.08. The van der Waals surface area contributed by atoms with Crippen molar-refractivity contribution >= 4 is 6.03 Å². The van der Waals surface area contributed by atoms with Crippen LogP contribution in [0, 0.1) is 5.92 Å². The Morgan fingerprint density at radius 2 is 2.05 bits per heavy atom. The molecule has 1 aliphatic carbocycles. The maximum Gasteiger partial charge on any atom is 0.317 e. The van der Waals surface area contributed by atoms with Crippen molar-refractivity contribution in [3.05, 3.63) is 35.4 Å². The molecule has 2 amide bonds. The van der Waals surface area contributed by atoms with Crippen molar-refractivity contribution in [2.75, 3.05) is 19.6 Å². The van der Waals surface area contributed by atoms with E-state index in [-0.39, 0.29) is 6.03 Å². The molecule has 1 unspecified atom stereocenters. The lowest BCUT2D eigenvalue weighted by Gasteiger charge is -2.33. The van der Waals surface area contributed by atoms with Gasteiger partial charge in [-0.15, -0.1) is 0 Å². The van der Waals surface area contributed by atoms with Gasteiger partial charge in [0.2, 0.25) is 0 Å². The van der Waals surface area contributed by atoms with Crippen LogP contribution in [0.15, 0.2) is 24.3 Å². The Hall–Kier alpha value is -1.51. The summed E-state index contributed by atoms with van der Waals surface area (Å²) in [6.45, 7) is 4.87. The maximum absolute atomic E-state index is 12.1. The second kappa shape index (κ2) is 5.24. The number of piperidine rings is 1. The predicted molar refractivity (Wildman–Crippen MR) is 76.3 cm³/mol. The lowest BCUT2D eigenvalue weighted by Crippen LogP contribution is -2.46. The van der Waals surface area contributed by atoms with Crippen LogP contribution in [0.1, 0.15) is 36.8 Å². The number of urea groups is 1. The lowest BCUT2D eigenvalue weighted by molar-refractivity contribution is 0.173. The molecule has 3 nitrogen and oxygen atoms in total. The van der Waals surface area contributed by atoms with Crippen molar-refractivity contribution < 1.29 is 4.79 Å². The van der Waals surface area contributed by atoms with Gasteiger partial charge in [0, 0.05) is 25.6 Å². The second-order valence-corrected chi connectivity index (χ2v) is 5.96. The summed E-state index contributed by atoms with van der Waals surface area (Å²) in [4.78, 5) is 14.0. The third kappa shape index (κ3) is 2.60. The van der Waals surface area contributed by atoms with Gasteiger partial charge in [0.25, 0.3) is 0 Å². The quantitative estimate of drug-likeness (QED) is 0.869. The first-order chi connectivity index (χ1) is 9.24. The van der Waals surface area contributed by atoms with Gasteiger partial charge in [-0.1, -0.05) is 31.2 Å². The highest BCUT2D eigenvalue weighted by Gasteiger charge is 2.27. The van der Waals surface area contributed by atoms with E-state index in [2.05, 4.69) is 36.5 Å². The van der Waals surface area contributed by atoms with E-state index in [1.165, 1.54) is 11.1 Å². The van der Waals surface area contributed by atoms with Crippen LogP contribution in [0.25, 0.3) is 0 Å². The highest BCUT2D eigenvalue weighted by atomic mass is 16.2. The fraction of sp³-hybridized carbons (Fsp3) is 0.562. The molecule has 0 radical (unpaired) electrons. The summed E-state index contributed by atoms with van der Waals surface area (Å²) in [7, 11) is 0. The summed E-state index contributed by atoms with van der Waals surface area (Å²) < 4.78 is 0. The molecule has 102 valence electrons. The first kappa shape index (κ1) is 12.5. The summed E-state index contributed by atoms with van der Waals surface area (Å²) in [6, 6.07) is 8.65. The molecule has 1 saturated heterocycles. The third-order valence-corrected chi connectivity index (χ3v) is 4.53. The van der Waals surface area contributed by atoms with Crippen molar-refractivity contribution in [1.82, 2.24) is 10.2 Å². The summed E-state index contributed by atoms with van der Waals surface area (Å²) >= 11 is 0. The molecule has 1 aliphatic heterocycles. The monoisotopic (exact) mass is 258 g/mol. The molecular weight excluding hydrogens is 236 g/mol. The Labute approximate surface area is 115 Å². The first-order valence-corrected chi connectivity index (χ1v) is 7.34. The number of nitrogens with zero attached hydrogens (tertiary/aromatic N) is 1. The molecule has 1 fully saturated rings. The number of amides is 2. The SMILES string of the molecule is CC1CCN(C(=O)NCC2Cc3ccccc32)CC1. The van der Waals surface area contributed by atoms with Crippen molar-refractivity contribution in [2.24, 2.45) is 5.92 Å². The van der Waals surface area contributed by atoms with Crippen LogP contribution in [0.5, 0.6) is 0 Å². The van der Waals surface area contributed by atoms with Crippen LogP contribution in [0.4, 0.5) is 4.79 Å². The Kier molecular flexibility index (Phi) is 3.45. The Morgan fingerprint density at radius 3 is 2.79 bits per heavy atom. The summed E-state index contributed by atoms with van der Waals surface area (Å²) in [5.41, 5.74) is 2.85. The van der Waals surface area contributed by atoms with E-state index in [0.717, 1.165) is 44.8 Å². The Balaban J connectivity index is 1.47. The lowest BCUT2D eigenvalue weighted by atomic mass is 9.78. The number of carbonyl (C=O) groups excluding carboxylic acids is 1. The number of hydrogen-bond donors (Lipinski definition) is 1.